The van der Waals surface area contributed by atoms with E-state index in [1.807, 2.05) is 6.07 Å². The summed E-state index contributed by atoms with van der Waals surface area (Å²) < 4.78 is 28.4. The molecule has 1 fully saturated rings. The fourth-order valence-corrected chi connectivity index (χ4v) is 3.01. The monoisotopic (exact) mass is 381 g/mol. The lowest BCUT2D eigenvalue weighted by atomic mass is 10.2. The van der Waals surface area contributed by atoms with Crippen LogP contribution in [0.25, 0.3) is 5.69 Å². The number of carbonyl (C=O) groups is 1. The molecule has 0 radical (unpaired) electrons. The molecule has 28 heavy (non-hydrogen) atoms. The minimum atomic E-state index is -0.694. The van der Waals surface area contributed by atoms with Crippen LogP contribution >= 0.6 is 0 Å². The molecule has 5 nitrogen and oxygen atoms in total. The van der Waals surface area contributed by atoms with Crippen LogP contribution in [-0.2, 0) is 6.54 Å². The van der Waals surface area contributed by atoms with E-state index in [2.05, 4.69) is 5.10 Å². The minimum Gasteiger partial charge on any atom is -0.330 e. The third-order valence-electron chi connectivity index (χ3n) is 4.62. The Labute approximate surface area is 159 Å². The van der Waals surface area contributed by atoms with Crippen molar-refractivity contribution in [2.24, 2.45) is 0 Å². The first-order valence-corrected chi connectivity index (χ1v) is 8.93. The molecular formula is C21H17F2N3O2. The van der Waals surface area contributed by atoms with Crippen LogP contribution in [0.15, 0.2) is 65.5 Å². The summed E-state index contributed by atoms with van der Waals surface area (Å²) in [6.07, 6.45) is 1.62. The molecule has 1 aliphatic carbocycles. The van der Waals surface area contributed by atoms with Gasteiger partial charge in [0, 0.05) is 30.3 Å². The van der Waals surface area contributed by atoms with Crippen molar-refractivity contribution in [3.05, 3.63) is 93.9 Å². The third kappa shape index (κ3) is 3.69. The van der Waals surface area contributed by atoms with E-state index in [0.717, 1.165) is 23.6 Å². The number of halogens is 2. The Bertz CT molecular complexity index is 1080. The van der Waals surface area contributed by atoms with Crippen LogP contribution in [0.4, 0.5) is 8.78 Å². The lowest BCUT2D eigenvalue weighted by Crippen LogP contribution is -2.35. The van der Waals surface area contributed by atoms with Crippen molar-refractivity contribution >= 4 is 5.91 Å². The average Bonchev–Trinajstić information content (AvgIpc) is 3.53. The molecule has 1 saturated carbocycles. The third-order valence-corrected chi connectivity index (χ3v) is 4.62. The standard InChI is InChI=1S/C21H17F2N3O2/c22-15-7-6-14(18(23)12-15)13-25(16-8-9-16)21(28)19-10-11-20(27)26(24-19)17-4-2-1-3-5-17/h1-7,10-12,16H,8-9,13H2. The predicted molar refractivity (Wildman–Crippen MR) is 99.1 cm³/mol. The zero-order chi connectivity index (χ0) is 19.7. The van der Waals surface area contributed by atoms with Gasteiger partial charge in [0.25, 0.3) is 11.5 Å². The Balaban J connectivity index is 1.66. The van der Waals surface area contributed by atoms with Crippen molar-refractivity contribution in [3.8, 4) is 5.69 Å². The molecule has 0 N–H and O–H groups in total. The maximum atomic E-state index is 14.1. The molecule has 0 spiro atoms. The van der Waals surface area contributed by atoms with E-state index in [4.69, 9.17) is 0 Å². The van der Waals surface area contributed by atoms with Gasteiger partial charge >= 0.3 is 0 Å². The van der Waals surface area contributed by atoms with Crippen molar-refractivity contribution in [2.75, 3.05) is 0 Å². The van der Waals surface area contributed by atoms with Crippen molar-refractivity contribution < 1.29 is 13.6 Å². The smallest absolute Gasteiger partial charge is 0.274 e. The topological polar surface area (TPSA) is 55.2 Å². The van der Waals surface area contributed by atoms with Gasteiger partial charge in [0.05, 0.1) is 5.69 Å². The number of rotatable bonds is 5. The zero-order valence-electron chi connectivity index (χ0n) is 14.9. The van der Waals surface area contributed by atoms with E-state index >= 15 is 0 Å². The number of carbonyl (C=O) groups excluding carboxylic acids is 1. The van der Waals surface area contributed by atoms with Crippen LogP contribution in [0.3, 0.4) is 0 Å². The van der Waals surface area contributed by atoms with Gasteiger partial charge in [-0.1, -0.05) is 24.3 Å². The first kappa shape index (κ1) is 18.0. The Hall–Kier alpha value is -3.35. The van der Waals surface area contributed by atoms with Crippen LogP contribution in [-0.4, -0.2) is 26.6 Å². The molecule has 0 atom stereocenters. The summed E-state index contributed by atoms with van der Waals surface area (Å²) in [7, 11) is 0. The van der Waals surface area contributed by atoms with E-state index in [0.29, 0.717) is 5.69 Å². The molecule has 1 heterocycles. The lowest BCUT2D eigenvalue weighted by Gasteiger charge is -2.22. The Kier molecular flexibility index (Phi) is 4.73. The molecule has 0 aliphatic heterocycles. The van der Waals surface area contributed by atoms with E-state index < -0.39 is 17.5 Å². The average molecular weight is 381 g/mol. The van der Waals surface area contributed by atoms with Gasteiger partial charge in [-0.05, 0) is 37.1 Å². The highest BCUT2D eigenvalue weighted by Gasteiger charge is 2.34. The van der Waals surface area contributed by atoms with E-state index in [9.17, 15) is 18.4 Å². The number of hydrogen-bond donors (Lipinski definition) is 0. The second kappa shape index (κ2) is 7.34. The molecule has 0 unspecified atom stereocenters. The molecule has 2 aromatic carbocycles. The largest absolute Gasteiger partial charge is 0.330 e. The van der Waals surface area contributed by atoms with Crippen LogP contribution in [0.1, 0.15) is 28.9 Å². The first-order valence-electron chi connectivity index (χ1n) is 8.93. The van der Waals surface area contributed by atoms with E-state index in [1.54, 1.807) is 24.3 Å². The Morgan fingerprint density at radius 1 is 1.07 bits per heavy atom. The minimum absolute atomic E-state index is 0.0156. The number of benzene rings is 2. The second-order valence-electron chi connectivity index (χ2n) is 6.70. The molecule has 1 aromatic heterocycles. The number of nitrogens with zero attached hydrogens (tertiary/aromatic N) is 3. The quantitative estimate of drug-likeness (QED) is 0.681. The molecule has 1 amide bonds. The van der Waals surface area contributed by atoms with Crippen molar-refractivity contribution in [1.82, 2.24) is 14.7 Å². The Morgan fingerprint density at radius 2 is 1.82 bits per heavy atom. The number of hydrogen-bond acceptors (Lipinski definition) is 3. The molecule has 4 rings (SSSR count). The van der Waals surface area contributed by atoms with Gasteiger partial charge in [0.1, 0.15) is 17.3 Å². The molecule has 0 saturated heterocycles. The summed E-state index contributed by atoms with van der Waals surface area (Å²) in [5, 5.41) is 4.21. The van der Waals surface area contributed by atoms with Crippen LogP contribution in [0, 0.1) is 11.6 Å². The molecule has 3 aromatic rings. The fourth-order valence-electron chi connectivity index (χ4n) is 3.01. The van der Waals surface area contributed by atoms with Crippen molar-refractivity contribution in [3.63, 3.8) is 0 Å². The summed E-state index contributed by atoms with van der Waals surface area (Å²) in [6, 6.07) is 14.7. The highest BCUT2D eigenvalue weighted by molar-refractivity contribution is 5.92. The molecule has 1 aliphatic rings. The van der Waals surface area contributed by atoms with Crippen LogP contribution < -0.4 is 5.56 Å². The first-order chi connectivity index (χ1) is 13.5. The number of para-hydroxylation sites is 1. The maximum Gasteiger partial charge on any atom is 0.274 e. The maximum absolute atomic E-state index is 14.1. The summed E-state index contributed by atoms with van der Waals surface area (Å²) in [5.74, 6) is -1.75. The normalized spacial score (nSPS) is 13.4. The molecule has 7 heteroatoms. The molecular weight excluding hydrogens is 364 g/mol. The number of amides is 1. The van der Waals surface area contributed by atoms with Gasteiger partial charge in [0.2, 0.25) is 0 Å². The zero-order valence-corrected chi connectivity index (χ0v) is 14.9. The highest BCUT2D eigenvalue weighted by atomic mass is 19.1. The van der Waals surface area contributed by atoms with Crippen molar-refractivity contribution in [2.45, 2.75) is 25.4 Å². The van der Waals surface area contributed by atoms with E-state index in [-0.39, 0.29) is 29.4 Å². The van der Waals surface area contributed by atoms with Gasteiger partial charge in [-0.15, -0.1) is 0 Å². The van der Waals surface area contributed by atoms with Gasteiger partial charge < -0.3 is 4.90 Å². The van der Waals surface area contributed by atoms with Gasteiger partial charge in [-0.25, -0.2) is 8.78 Å². The summed E-state index contributed by atoms with van der Waals surface area (Å²) in [6.45, 7) is 0.0156. The molecule has 142 valence electrons. The number of aromatic nitrogens is 2. The lowest BCUT2D eigenvalue weighted by molar-refractivity contribution is 0.0720. The Morgan fingerprint density at radius 3 is 2.50 bits per heavy atom. The van der Waals surface area contributed by atoms with Gasteiger partial charge in [0.15, 0.2) is 0 Å². The SMILES string of the molecule is O=C(c1ccc(=O)n(-c2ccccc2)n1)N(Cc1ccc(F)cc1F)C1CC1. The summed E-state index contributed by atoms with van der Waals surface area (Å²) in [4.78, 5) is 26.8. The second-order valence-corrected chi connectivity index (χ2v) is 6.70. The highest BCUT2D eigenvalue weighted by Crippen LogP contribution is 2.30. The van der Waals surface area contributed by atoms with Gasteiger partial charge in [-0.2, -0.15) is 9.78 Å². The van der Waals surface area contributed by atoms with Crippen molar-refractivity contribution in [1.29, 1.82) is 0 Å². The summed E-state index contributed by atoms with van der Waals surface area (Å²) >= 11 is 0. The van der Waals surface area contributed by atoms with Crippen LogP contribution in [0.5, 0.6) is 0 Å². The van der Waals surface area contributed by atoms with Gasteiger partial charge in [-0.3, -0.25) is 9.59 Å². The summed E-state index contributed by atoms with van der Waals surface area (Å²) in [5.41, 5.74) is 0.519. The fraction of sp³-hybridized carbons (Fsp3) is 0.190. The van der Waals surface area contributed by atoms with E-state index in [1.165, 1.54) is 29.2 Å². The molecule has 0 bridgehead atoms. The van der Waals surface area contributed by atoms with Crippen LogP contribution in [0.2, 0.25) is 0 Å². The predicted octanol–water partition coefficient (Wildman–Crippen LogP) is 3.32.